The number of nitrogens with one attached hydrogen (secondary N) is 1. The number of nitrogens with zero attached hydrogens (tertiary/aromatic N) is 1. The van der Waals surface area contributed by atoms with Gasteiger partial charge in [-0.2, -0.15) is 0 Å². The number of hydrogen-bond acceptors (Lipinski definition) is 3. The van der Waals surface area contributed by atoms with E-state index in [1.165, 1.54) is 0 Å². The van der Waals surface area contributed by atoms with Gasteiger partial charge in [-0.05, 0) is 25.1 Å². The number of methoxy groups -OCH3 is 1. The molecule has 0 saturated carbocycles. The highest BCUT2D eigenvalue weighted by Gasteiger charge is 2.26. The van der Waals surface area contributed by atoms with Crippen molar-refractivity contribution in [2.24, 2.45) is 0 Å². The highest BCUT2D eigenvalue weighted by atomic mass is 16.5. The summed E-state index contributed by atoms with van der Waals surface area (Å²) in [4.78, 5) is 16.5. The van der Waals surface area contributed by atoms with E-state index >= 15 is 0 Å². The molecule has 96 valence electrons. The molecule has 0 fully saturated rings. The smallest absolute Gasteiger partial charge is 0.233 e. The number of rotatable bonds is 1. The lowest BCUT2D eigenvalue weighted by molar-refractivity contribution is -0.117. The summed E-state index contributed by atoms with van der Waals surface area (Å²) < 4.78 is 5.20. The van der Waals surface area contributed by atoms with Crippen molar-refractivity contribution in [3.8, 4) is 16.9 Å². The molecule has 0 bridgehead atoms. The number of carbonyl (C=O) groups excluding carboxylic acids is 1. The van der Waals surface area contributed by atoms with E-state index in [1.807, 2.05) is 37.3 Å². The Bertz CT molecular complexity index is 652. The first-order valence-electron chi connectivity index (χ1n) is 6.15. The van der Waals surface area contributed by atoms with Crippen molar-refractivity contribution in [3.05, 3.63) is 42.2 Å². The monoisotopic (exact) mass is 254 g/mol. The van der Waals surface area contributed by atoms with Gasteiger partial charge >= 0.3 is 0 Å². The maximum absolute atomic E-state index is 12.1. The second kappa shape index (κ2) is 4.39. The molecule has 1 aromatic heterocycles. The molecule has 0 radical (unpaired) electrons. The third kappa shape index (κ3) is 1.85. The molecule has 1 aliphatic rings. The first-order chi connectivity index (χ1) is 9.20. The molecular formula is C15H14N2O2. The van der Waals surface area contributed by atoms with Crippen molar-refractivity contribution in [2.75, 3.05) is 12.4 Å². The lowest BCUT2D eigenvalue weighted by atomic mass is 9.97. The average Bonchev–Trinajstić information content (AvgIpc) is 2.55. The number of pyridine rings is 1. The first-order valence-corrected chi connectivity index (χ1v) is 6.15. The van der Waals surface area contributed by atoms with Gasteiger partial charge in [-0.15, -0.1) is 0 Å². The molecule has 2 heterocycles. The van der Waals surface area contributed by atoms with Crippen LogP contribution in [0.2, 0.25) is 0 Å². The molecular weight excluding hydrogens is 240 g/mol. The van der Waals surface area contributed by atoms with Crippen LogP contribution in [0.15, 0.2) is 36.5 Å². The van der Waals surface area contributed by atoms with Crippen LogP contribution in [0.25, 0.3) is 11.1 Å². The normalized spacial score (nSPS) is 16.9. The molecule has 4 nitrogen and oxygen atoms in total. The number of carbonyl (C=O) groups is 1. The third-order valence-electron chi connectivity index (χ3n) is 3.42. The summed E-state index contributed by atoms with van der Waals surface area (Å²) >= 11 is 0. The SMILES string of the molecule is COc1ccc2c(c1)NC(=O)C(C)c1ncccc1-2. The van der Waals surface area contributed by atoms with Crippen LogP contribution in [0.1, 0.15) is 18.5 Å². The number of fused-ring (bicyclic) bond motifs is 3. The number of amides is 1. The minimum absolute atomic E-state index is 0.0491. The van der Waals surface area contributed by atoms with Crippen LogP contribution >= 0.6 is 0 Å². The van der Waals surface area contributed by atoms with Gasteiger partial charge in [0.05, 0.1) is 24.4 Å². The fourth-order valence-corrected chi connectivity index (χ4v) is 2.34. The van der Waals surface area contributed by atoms with E-state index in [0.717, 1.165) is 28.3 Å². The summed E-state index contributed by atoms with van der Waals surface area (Å²) in [5.41, 5.74) is 3.54. The average molecular weight is 254 g/mol. The third-order valence-corrected chi connectivity index (χ3v) is 3.42. The number of aromatic nitrogens is 1. The van der Waals surface area contributed by atoms with E-state index in [2.05, 4.69) is 10.3 Å². The maximum Gasteiger partial charge on any atom is 0.233 e. The predicted molar refractivity (Wildman–Crippen MR) is 73.3 cm³/mol. The van der Waals surface area contributed by atoms with Gasteiger partial charge in [0.25, 0.3) is 0 Å². The highest BCUT2D eigenvalue weighted by Crippen LogP contribution is 2.38. The summed E-state index contributed by atoms with van der Waals surface area (Å²) in [6.07, 6.45) is 1.72. The van der Waals surface area contributed by atoms with Gasteiger partial charge in [-0.1, -0.05) is 6.07 Å². The molecule has 3 rings (SSSR count). The van der Waals surface area contributed by atoms with E-state index < -0.39 is 0 Å². The molecule has 1 N–H and O–H groups in total. The molecule has 0 saturated heterocycles. The van der Waals surface area contributed by atoms with Crippen LogP contribution in [0, 0.1) is 0 Å². The van der Waals surface area contributed by atoms with E-state index in [0.29, 0.717) is 0 Å². The van der Waals surface area contributed by atoms with Crippen molar-refractivity contribution >= 4 is 11.6 Å². The van der Waals surface area contributed by atoms with Crippen LogP contribution in [0.5, 0.6) is 5.75 Å². The largest absolute Gasteiger partial charge is 0.497 e. The summed E-state index contributed by atoms with van der Waals surface area (Å²) in [7, 11) is 1.61. The summed E-state index contributed by atoms with van der Waals surface area (Å²) in [6.45, 7) is 1.87. The Balaban J connectivity index is 2.26. The molecule has 19 heavy (non-hydrogen) atoms. The number of ether oxygens (including phenoxy) is 1. The fourth-order valence-electron chi connectivity index (χ4n) is 2.34. The van der Waals surface area contributed by atoms with E-state index in [1.54, 1.807) is 13.3 Å². The van der Waals surface area contributed by atoms with Crippen LogP contribution in [-0.4, -0.2) is 18.0 Å². The lowest BCUT2D eigenvalue weighted by Gasteiger charge is -2.10. The minimum Gasteiger partial charge on any atom is -0.497 e. The maximum atomic E-state index is 12.1. The number of benzene rings is 1. The van der Waals surface area contributed by atoms with Gasteiger partial charge in [-0.25, -0.2) is 0 Å². The zero-order valence-corrected chi connectivity index (χ0v) is 10.8. The quantitative estimate of drug-likeness (QED) is 0.851. The summed E-state index contributed by atoms with van der Waals surface area (Å²) in [5, 5.41) is 2.93. The van der Waals surface area contributed by atoms with Crippen molar-refractivity contribution in [2.45, 2.75) is 12.8 Å². The molecule has 1 aromatic carbocycles. The topological polar surface area (TPSA) is 51.2 Å². The second-order valence-corrected chi connectivity index (χ2v) is 4.56. The van der Waals surface area contributed by atoms with Gasteiger partial charge < -0.3 is 10.1 Å². The number of anilines is 1. The van der Waals surface area contributed by atoms with Gasteiger partial charge in [-0.3, -0.25) is 9.78 Å². The molecule has 2 aromatic rings. The molecule has 4 heteroatoms. The van der Waals surface area contributed by atoms with Crippen molar-refractivity contribution in [1.82, 2.24) is 4.98 Å². The fraction of sp³-hybridized carbons (Fsp3) is 0.200. The Morgan fingerprint density at radius 3 is 2.89 bits per heavy atom. The van der Waals surface area contributed by atoms with Gasteiger partial charge in [0.2, 0.25) is 5.91 Å². The standard InChI is InChI=1S/C15H14N2O2/c1-9-14-12(4-3-7-16-14)11-6-5-10(19-2)8-13(11)17-15(9)18/h3-9H,1-2H3,(H,17,18). The van der Waals surface area contributed by atoms with Crippen LogP contribution in [0.4, 0.5) is 5.69 Å². The Labute approximate surface area is 111 Å². The zero-order chi connectivity index (χ0) is 13.4. The molecule has 1 unspecified atom stereocenters. The Morgan fingerprint density at radius 1 is 1.26 bits per heavy atom. The van der Waals surface area contributed by atoms with E-state index in [4.69, 9.17) is 4.74 Å². The highest BCUT2D eigenvalue weighted by molar-refractivity contribution is 6.02. The van der Waals surface area contributed by atoms with Crippen LogP contribution in [0.3, 0.4) is 0 Å². The van der Waals surface area contributed by atoms with E-state index in [9.17, 15) is 4.79 Å². The van der Waals surface area contributed by atoms with Gasteiger partial charge in [0.15, 0.2) is 0 Å². The molecule has 1 amide bonds. The summed E-state index contributed by atoms with van der Waals surface area (Å²) in [6, 6.07) is 9.55. The predicted octanol–water partition coefficient (Wildman–Crippen LogP) is 2.81. The Kier molecular flexibility index (Phi) is 2.71. The second-order valence-electron chi connectivity index (χ2n) is 4.56. The van der Waals surface area contributed by atoms with Gasteiger partial charge in [0, 0.05) is 23.4 Å². The van der Waals surface area contributed by atoms with Crippen LogP contribution in [-0.2, 0) is 4.79 Å². The Hall–Kier alpha value is -2.36. The lowest BCUT2D eigenvalue weighted by Crippen LogP contribution is -2.17. The molecule has 1 aliphatic heterocycles. The first kappa shape index (κ1) is 11.7. The van der Waals surface area contributed by atoms with Crippen molar-refractivity contribution in [1.29, 1.82) is 0 Å². The van der Waals surface area contributed by atoms with Crippen molar-refractivity contribution < 1.29 is 9.53 Å². The van der Waals surface area contributed by atoms with Crippen molar-refractivity contribution in [3.63, 3.8) is 0 Å². The molecule has 1 atom stereocenters. The van der Waals surface area contributed by atoms with Crippen LogP contribution < -0.4 is 10.1 Å². The zero-order valence-electron chi connectivity index (χ0n) is 10.8. The molecule has 0 spiro atoms. The minimum atomic E-state index is -0.269. The molecule has 0 aliphatic carbocycles. The Morgan fingerprint density at radius 2 is 2.11 bits per heavy atom. The van der Waals surface area contributed by atoms with Gasteiger partial charge in [0.1, 0.15) is 5.75 Å². The number of hydrogen-bond donors (Lipinski definition) is 1. The van der Waals surface area contributed by atoms with E-state index in [-0.39, 0.29) is 11.8 Å². The summed E-state index contributed by atoms with van der Waals surface area (Å²) in [5.74, 6) is 0.403.